The summed E-state index contributed by atoms with van der Waals surface area (Å²) in [7, 11) is 0. The molecule has 1 aliphatic rings. The van der Waals surface area contributed by atoms with Gasteiger partial charge in [0.2, 0.25) is 5.91 Å². The van der Waals surface area contributed by atoms with Gasteiger partial charge in [0, 0.05) is 5.25 Å². The number of hydrogen-bond acceptors (Lipinski definition) is 2. The summed E-state index contributed by atoms with van der Waals surface area (Å²) < 4.78 is 0. The highest BCUT2D eigenvalue weighted by Gasteiger charge is 2.13. The predicted octanol–water partition coefficient (Wildman–Crippen LogP) is 1.54. The quantitative estimate of drug-likeness (QED) is 0.703. The van der Waals surface area contributed by atoms with Gasteiger partial charge in [-0.15, -0.1) is 11.8 Å². The number of thioether (sulfide) groups is 1. The molecule has 2 nitrogen and oxygen atoms in total. The second kappa shape index (κ2) is 4.65. The molecule has 0 heterocycles. The van der Waals surface area contributed by atoms with Gasteiger partial charge in [-0.05, 0) is 12.8 Å². The lowest BCUT2D eigenvalue weighted by Gasteiger charge is -2.19. The monoisotopic (exact) mass is 173 g/mol. The smallest absolute Gasteiger partial charge is 0.227 e. The molecule has 3 heteroatoms. The second-order valence-electron chi connectivity index (χ2n) is 3.04. The molecule has 0 atom stereocenters. The molecule has 0 spiro atoms. The summed E-state index contributed by atoms with van der Waals surface area (Å²) in [6, 6.07) is 0. The molecule has 0 saturated heterocycles. The van der Waals surface area contributed by atoms with E-state index in [2.05, 4.69) is 0 Å². The molecule has 1 saturated carbocycles. The third-order valence-electron chi connectivity index (χ3n) is 2.01. The molecule has 1 rings (SSSR count). The topological polar surface area (TPSA) is 43.1 Å². The van der Waals surface area contributed by atoms with E-state index in [1.807, 2.05) is 0 Å². The lowest BCUT2D eigenvalue weighted by Crippen LogP contribution is -2.17. The molecule has 0 aromatic rings. The van der Waals surface area contributed by atoms with Crippen molar-refractivity contribution in [3.8, 4) is 0 Å². The average molecular weight is 173 g/mol. The number of carbonyl (C=O) groups excluding carboxylic acids is 1. The zero-order valence-electron chi connectivity index (χ0n) is 6.71. The van der Waals surface area contributed by atoms with Crippen molar-refractivity contribution in [1.82, 2.24) is 0 Å². The third kappa shape index (κ3) is 3.65. The van der Waals surface area contributed by atoms with E-state index in [9.17, 15) is 4.79 Å². The molecule has 64 valence electrons. The normalized spacial score (nSPS) is 20.0. The predicted molar refractivity (Wildman–Crippen MR) is 48.5 cm³/mol. The molecule has 0 aromatic carbocycles. The Morgan fingerprint density at radius 2 is 2.00 bits per heavy atom. The summed E-state index contributed by atoms with van der Waals surface area (Å²) in [5.74, 6) is 0.325. The van der Waals surface area contributed by atoms with E-state index in [1.54, 1.807) is 11.8 Å². The zero-order valence-corrected chi connectivity index (χ0v) is 7.53. The van der Waals surface area contributed by atoms with Gasteiger partial charge < -0.3 is 5.73 Å². The van der Waals surface area contributed by atoms with Crippen LogP contribution in [-0.2, 0) is 4.79 Å². The summed E-state index contributed by atoms with van der Waals surface area (Å²) in [5.41, 5.74) is 5.05. The van der Waals surface area contributed by atoms with Crippen molar-refractivity contribution in [3.05, 3.63) is 0 Å². The van der Waals surface area contributed by atoms with Crippen molar-refractivity contribution in [1.29, 1.82) is 0 Å². The Kier molecular flexibility index (Phi) is 3.77. The first kappa shape index (κ1) is 8.91. The molecular weight excluding hydrogens is 158 g/mol. The first-order chi connectivity index (χ1) is 5.29. The third-order valence-corrected chi connectivity index (χ3v) is 3.41. The number of amides is 1. The van der Waals surface area contributed by atoms with Crippen LogP contribution >= 0.6 is 11.8 Å². The van der Waals surface area contributed by atoms with Crippen molar-refractivity contribution in [2.45, 2.75) is 37.4 Å². The minimum Gasteiger partial charge on any atom is -0.369 e. The first-order valence-electron chi connectivity index (χ1n) is 4.19. The van der Waals surface area contributed by atoms with Crippen LogP contribution in [-0.4, -0.2) is 16.9 Å². The summed E-state index contributed by atoms with van der Waals surface area (Å²) in [6.45, 7) is 0. The van der Waals surface area contributed by atoms with Crippen LogP contribution in [0.5, 0.6) is 0 Å². The van der Waals surface area contributed by atoms with E-state index in [4.69, 9.17) is 5.73 Å². The highest BCUT2D eigenvalue weighted by molar-refractivity contribution is 8.00. The Hall–Kier alpha value is -0.180. The molecule has 0 unspecified atom stereocenters. The number of carbonyl (C=O) groups is 1. The van der Waals surface area contributed by atoms with Gasteiger partial charge in [0.1, 0.15) is 0 Å². The van der Waals surface area contributed by atoms with E-state index in [-0.39, 0.29) is 5.91 Å². The first-order valence-corrected chi connectivity index (χ1v) is 5.24. The number of hydrogen-bond donors (Lipinski definition) is 1. The summed E-state index contributed by atoms with van der Waals surface area (Å²) >= 11 is 1.73. The maximum absolute atomic E-state index is 10.4. The molecule has 0 aliphatic heterocycles. The van der Waals surface area contributed by atoms with Gasteiger partial charge in [-0.25, -0.2) is 0 Å². The molecule has 1 amide bonds. The lowest BCUT2D eigenvalue weighted by molar-refractivity contribution is -0.115. The zero-order chi connectivity index (χ0) is 8.10. The van der Waals surface area contributed by atoms with Crippen molar-refractivity contribution < 1.29 is 4.79 Å². The van der Waals surface area contributed by atoms with Crippen molar-refractivity contribution in [2.24, 2.45) is 5.73 Å². The van der Waals surface area contributed by atoms with Crippen molar-refractivity contribution >= 4 is 17.7 Å². The number of primary amides is 1. The van der Waals surface area contributed by atoms with E-state index in [0.29, 0.717) is 11.0 Å². The molecule has 2 N–H and O–H groups in total. The average Bonchev–Trinajstić information content (AvgIpc) is 2.03. The summed E-state index contributed by atoms with van der Waals surface area (Å²) in [5, 5.41) is 0.705. The SMILES string of the molecule is NC(=O)CSC1CCCCC1. The minimum absolute atomic E-state index is 0.180. The Bertz CT molecular complexity index is 132. The summed E-state index contributed by atoms with van der Waals surface area (Å²) in [6.07, 6.45) is 6.58. The van der Waals surface area contributed by atoms with E-state index in [1.165, 1.54) is 32.1 Å². The number of nitrogens with two attached hydrogens (primary N) is 1. The van der Waals surface area contributed by atoms with Gasteiger partial charge in [-0.3, -0.25) is 4.79 Å². The van der Waals surface area contributed by atoms with Crippen LogP contribution in [0.15, 0.2) is 0 Å². The van der Waals surface area contributed by atoms with Gasteiger partial charge in [0.25, 0.3) is 0 Å². The largest absolute Gasteiger partial charge is 0.369 e. The lowest BCUT2D eigenvalue weighted by atomic mass is 10.0. The Labute approximate surface area is 71.9 Å². The van der Waals surface area contributed by atoms with E-state index >= 15 is 0 Å². The standard InChI is InChI=1S/C8H15NOS/c9-8(10)6-11-7-4-2-1-3-5-7/h7H,1-6H2,(H2,9,10). The van der Waals surface area contributed by atoms with Crippen LogP contribution in [0, 0.1) is 0 Å². The summed E-state index contributed by atoms with van der Waals surface area (Å²) in [4.78, 5) is 10.4. The van der Waals surface area contributed by atoms with Gasteiger partial charge in [-0.1, -0.05) is 19.3 Å². The van der Waals surface area contributed by atoms with Gasteiger partial charge in [0.15, 0.2) is 0 Å². The maximum Gasteiger partial charge on any atom is 0.227 e. The highest BCUT2D eigenvalue weighted by Crippen LogP contribution is 2.27. The molecular formula is C8H15NOS. The van der Waals surface area contributed by atoms with Gasteiger partial charge in [-0.2, -0.15) is 0 Å². The molecule has 0 radical (unpaired) electrons. The molecule has 0 bridgehead atoms. The number of rotatable bonds is 3. The van der Waals surface area contributed by atoms with Crippen LogP contribution in [0.25, 0.3) is 0 Å². The molecule has 1 aliphatic carbocycles. The van der Waals surface area contributed by atoms with E-state index in [0.717, 1.165) is 0 Å². The fourth-order valence-electron chi connectivity index (χ4n) is 1.43. The molecule has 1 fully saturated rings. The van der Waals surface area contributed by atoms with Crippen molar-refractivity contribution in [2.75, 3.05) is 5.75 Å². The van der Waals surface area contributed by atoms with Gasteiger partial charge >= 0.3 is 0 Å². The molecule has 0 aromatic heterocycles. The fraction of sp³-hybridized carbons (Fsp3) is 0.875. The van der Waals surface area contributed by atoms with Crippen LogP contribution in [0.4, 0.5) is 0 Å². The Morgan fingerprint density at radius 3 is 2.55 bits per heavy atom. The van der Waals surface area contributed by atoms with Crippen LogP contribution < -0.4 is 5.73 Å². The fourth-order valence-corrected chi connectivity index (χ4v) is 2.50. The van der Waals surface area contributed by atoms with Crippen LogP contribution in [0.3, 0.4) is 0 Å². The van der Waals surface area contributed by atoms with Gasteiger partial charge in [0.05, 0.1) is 5.75 Å². The minimum atomic E-state index is -0.180. The molecule has 11 heavy (non-hydrogen) atoms. The maximum atomic E-state index is 10.4. The van der Waals surface area contributed by atoms with Crippen LogP contribution in [0.2, 0.25) is 0 Å². The van der Waals surface area contributed by atoms with Crippen molar-refractivity contribution in [3.63, 3.8) is 0 Å². The second-order valence-corrected chi connectivity index (χ2v) is 4.33. The van der Waals surface area contributed by atoms with E-state index < -0.39 is 0 Å². The highest BCUT2D eigenvalue weighted by atomic mass is 32.2. The van der Waals surface area contributed by atoms with Crippen LogP contribution in [0.1, 0.15) is 32.1 Å². The Balaban J connectivity index is 2.09. The Morgan fingerprint density at radius 1 is 1.36 bits per heavy atom.